The average Bonchev–Trinajstić information content (AvgIpc) is 3.65. The van der Waals surface area contributed by atoms with Crippen molar-refractivity contribution in [1.29, 1.82) is 0 Å². The third kappa shape index (κ3) is 16.4. The lowest BCUT2D eigenvalue weighted by molar-refractivity contribution is -0.297. The topological polar surface area (TPSA) is 129 Å². The van der Waals surface area contributed by atoms with Crippen LogP contribution in [-0.4, -0.2) is 59.7 Å². The van der Waals surface area contributed by atoms with Crippen molar-refractivity contribution in [2.45, 2.75) is 113 Å². The van der Waals surface area contributed by atoms with E-state index < -0.39 is 23.6 Å². The standard InChI is InChI=1S/C67H82N6O4S2/c1-9-13-17-51(12-4)45-79-41-15-39-69-67(77)71-61-43-57(73(54-30-22-48(7)23-31-54)55-32-24-49(8)25-33-55)35-37-59(61)63-64(74)62(65(63)75)58-36-34-56(72(52-26-18-46(5)19-27-52)53-28-20-47(6)21-29-53)42-60(58)70-66(76)68-38-14-40-78-44-50(11-3)16-10-2/h18-37,42-43,50-51H,9-17,38-41,44-45H2,1-8H3,(H4,68,69,70,71,74,75,76,77). The number of thioether (sulfide) groups is 2. The van der Waals surface area contributed by atoms with Crippen LogP contribution in [0.15, 0.2) is 156 Å². The Morgan fingerprint density at radius 1 is 0.582 bits per heavy atom. The first-order chi connectivity index (χ1) is 38.3. The van der Waals surface area contributed by atoms with Gasteiger partial charge < -0.3 is 31.3 Å². The summed E-state index contributed by atoms with van der Waals surface area (Å²) in [5.74, 6) is 4.53. The summed E-state index contributed by atoms with van der Waals surface area (Å²) in [6.07, 6.45) is 15.5. The van der Waals surface area contributed by atoms with E-state index >= 15 is 0 Å². The van der Waals surface area contributed by atoms with Gasteiger partial charge >= 0.3 is 12.1 Å². The number of hydrogen-bond acceptors (Lipinski definition) is 7. The summed E-state index contributed by atoms with van der Waals surface area (Å²) >= 11 is 3.86. The van der Waals surface area contributed by atoms with Crippen LogP contribution in [0.5, 0.6) is 0 Å². The normalized spacial score (nSPS) is 14.8. The number of rotatable bonds is 27. The molecule has 2 unspecified atom stereocenters. The van der Waals surface area contributed by atoms with Gasteiger partial charge in [-0.25, -0.2) is 9.59 Å². The van der Waals surface area contributed by atoms with Gasteiger partial charge in [0.2, 0.25) is 17.1 Å². The van der Waals surface area contributed by atoms with Crippen LogP contribution < -0.4 is 35.8 Å². The first-order valence-electron chi connectivity index (χ1n) is 28.6. The monoisotopic (exact) mass is 1100 g/mol. The molecule has 4 N–H and O–H groups in total. The van der Waals surface area contributed by atoms with Crippen molar-refractivity contribution >= 4 is 86.8 Å². The number of carbonyl (C=O) groups is 3. The molecule has 12 heteroatoms. The van der Waals surface area contributed by atoms with Crippen molar-refractivity contribution in [1.82, 2.24) is 20.5 Å². The van der Waals surface area contributed by atoms with Crippen LogP contribution in [0.3, 0.4) is 0 Å². The molecule has 0 fully saturated rings. The quantitative estimate of drug-likeness (QED) is 0.0234. The maximum atomic E-state index is 14.9. The molecule has 2 atom stereocenters. The summed E-state index contributed by atoms with van der Waals surface area (Å²) < 4.78 is 2.09. The lowest BCUT2D eigenvalue weighted by atomic mass is 9.78. The highest BCUT2D eigenvalue weighted by Gasteiger charge is 2.35. The SMILES string of the molecule is CCCCC(CC)CSCCCNC(=O)NC1=CC(=[N+](c2ccc(C)cc2)c2ccc(C)cc2)C=C/C1=C1\C(=O)C(c2ccc(N(c3ccc(C)cc3)c3ccc(C)cc3)cc2NC(=O)NCCCSCC(CC)CCC)=C1[O-]. The molecule has 4 amide bonds. The Morgan fingerprint density at radius 2 is 1.08 bits per heavy atom. The third-order valence-electron chi connectivity index (χ3n) is 14.7. The lowest BCUT2D eigenvalue weighted by Gasteiger charge is -2.34. The number of nitrogens with zero attached hydrogens (tertiary/aromatic N) is 2. The molecular weight excluding hydrogens is 1020 g/mol. The molecule has 0 radical (unpaired) electrons. The smallest absolute Gasteiger partial charge is 0.319 e. The second-order valence-electron chi connectivity index (χ2n) is 21.0. The van der Waals surface area contributed by atoms with Crippen molar-refractivity contribution in [3.8, 4) is 0 Å². The molecule has 0 aliphatic heterocycles. The maximum absolute atomic E-state index is 14.9. The van der Waals surface area contributed by atoms with Gasteiger partial charge in [0.25, 0.3) is 0 Å². The Kier molecular flexibility index (Phi) is 22.7. The number of aryl methyl sites for hydroxylation is 4. The number of ketones is 1. The fourth-order valence-electron chi connectivity index (χ4n) is 9.84. The minimum absolute atomic E-state index is 0.0406. The maximum Gasteiger partial charge on any atom is 0.319 e. The Hall–Kier alpha value is -6.76. The predicted octanol–water partition coefficient (Wildman–Crippen LogP) is 15.5. The second kappa shape index (κ2) is 30.0. The van der Waals surface area contributed by atoms with Gasteiger partial charge in [-0.2, -0.15) is 28.1 Å². The summed E-state index contributed by atoms with van der Waals surface area (Å²) in [6.45, 7) is 18.1. The molecule has 0 spiro atoms. The molecule has 5 aromatic rings. The number of Topliss-reactive ketones (excluding diaryl/α,β-unsaturated/α-hetero) is 1. The highest BCUT2D eigenvalue weighted by molar-refractivity contribution is 7.99. The van der Waals surface area contributed by atoms with Gasteiger partial charge in [-0.15, -0.1) is 0 Å². The van der Waals surface area contributed by atoms with Crippen molar-refractivity contribution < 1.29 is 19.5 Å². The first kappa shape index (κ1) is 59.9. The Morgan fingerprint density at radius 3 is 1.57 bits per heavy atom. The summed E-state index contributed by atoms with van der Waals surface area (Å²) in [7, 11) is 0. The van der Waals surface area contributed by atoms with E-state index in [9.17, 15) is 19.5 Å². The summed E-state index contributed by atoms with van der Waals surface area (Å²) in [4.78, 5) is 44.8. The van der Waals surface area contributed by atoms with Gasteiger partial charge in [0.1, 0.15) is 0 Å². The van der Waals surface area contributed by atoms with E-state index in [2.05, 4.69) is 155 Å². The van der Waals surface area contributed by atoms with Crippen LogP contribution in [0, 0.1) is 39.5 Å². The number of amides is 4. The minimum Gasteiger partial charge on any atom is -0.871 e. The average molecular weight is 1100 g/mol. The molecule has 0 bridgehead atoms. The number of anilines is 4. The molecule has 10 nitrogen and oxygen atoms in total. The molecule has 0 saturated heterocycles. The van der Waals surface area contributed by atoms with Gasteiger partial charge in [-0.05, 0) is 131 Å². The van der Waals surface area contributed by atoms with Crippen LogP contribution in [0.1, 0.15) is 113 Å². The number of benzene rings is 5. The number of nitrogens with one attached hydrogen (secondary N) is 4. The van der Waals surface area contributed by atoms with E-state index in [1.54, 1.807) is 12.1 Å². The van der Waals surface area contributed by atoms with E-state index in [0.717, 1.165) is 92.3 Å². The van der Waals surface area contributed by atoms with Crippen molar-refractivity contribution in [2.24, 2.45) is 11.8 Å². The highest BCUT2D eigenvalue weighted by atomic mass is 32.2. The zero-order valence-electron chi connectivity index (χ0n) is 47.8. The highest BCUT2D eigenvalue weighted by Crippen LogP contribution is 2.44. The summed E-state index contributed by atoms with van der Waals surface area (Å²) in [5.41, 5.74) is 10.7. The zero-order chi connectivity index (χ0) is 56.3. The Balaban J connectivity index is 1.25. The molecule has 416 valence electrons. The van der Waals surface area contributed by atoms with Crippen molar-refractivity contribution in [2.75, 3.05) is 46.3 Å². The van der Waals surface area contributed by atoms with Crippen LogP contribution in [0.4, 0.5) is 43.7 Å². The molecule has 0 heterocycles. The van der Waals surface area contributed by atoms with E-state index in [4.69, 9.17) is 0 Å². The van der Waals surface area contributed by atoms with Gasteiger partial charge in [-0.1, -0.05) is 142 Å². The summed E-state index contributed by atoms with van der Waals surface area (Å²) in [6, 6.07) is 37.5. The molecule has 2 aliphatic rings. The Labute approximate surface area is 479 Å². The van der Waals surface area contributed by atoms with Gasteiger partial charge in [-0.3, -0.25) is 4.79 Å². The van der Waals surface area contributed by atoms with E-state index in [-0.39, 0.29) is 11.1 Å². The van der Waals surface area contributed by atoms with E-state index in [1.807, 2.05) is 75.5 Å². The third-order valence-corrected chi connectivity index (χ3v) is 17.2. The van der Waals surface area contributed by atoms with Crippen LogP contribution in [-0.2, 0) is 4.79 Å². The van der Waals surface area contributed by atoms with Gasteiger partial charge in [0.15, 0.2) is 5.78 Å². The first-order valence-corrected chi connectivity index (χ1v) is 30.9. The fourth-order valence-corrected chi connectivity index (χ4v) is 12.3. The van der Waals surface area contributed by atoms with Crippen molar-refractivity contribution in [3.63, 3.8) is 0 Å². The molecule has 2 aliphatic carbocycles. The molecule has 5 aromatic carbocycles. The van der Waals surface area contributed by atoms with Crippen LogP contribution >= 0.6 is 23.5 Å². The number of urea groups is 2. The van der Waals surface area contributed by atoms with Crippen LogP contribution in [0.2, 0.25) is 0 Å². The number of allylic oxidation sites excluding steroid dienone is 5. The Bertz CT molecular complexity index is 2940. The molecule has 79 heavy (non-hydrogen) atoms. The second-order valence-corrected chi connectivity index (χ2v) is 23.3. The minimum atomic E-state index is -0.480. The van der Waals surface area contributed by atoms with Crippen LogP contribution in [0.25, 0.3) is 5.57 Å². The zero-order valence-corrected chi connectivity index (χ0v) is 49.4. The molecule has 0 aromatic heterocycles. The molecule has 0 saturated carbocycles. The summed E-state index contributed by atoms with van der Waals surface area (Å²) in [5, 5.41) is 27.1. The van der Waals surface area contributed by atoms with Gasteiger partial charge in [0.05, 0.1) is 11.4 Å². The van der Waals surface area contributed by atoms with E-state index in [1.165, 1.54) is 44.9 Å². The lowest BCUT2D eigenvalue weighted by Crippen LogP contribution is -2.38. The molecular formula is C67H82N6O4S2. The number of unbranched alkanes of at least 4 members (excludes halogenated alkanes) is 1. The number of carbonyl (C=O) groups excluding carboxylic acids is 3. The fraction of sp³-hybridized carbons (Fsp3) is 0.373. The predicted molar refractivity (Wildman–Crippen MR) is 335 cm³/mol. The van der Waals surface area contributed by atoms with E-state index in [0.29, 0.717) is 47.4 Å². The van der Waals surface area contributed by atoms with Gasteiger partial charge in [0, 0.05) is 88.9 Å². The number of hydrogen-bond donors (Lipinski definition) is 4. The largest absolute Gasteiger partial charge is 0.871 e. The molecule has 7 rings (SSSR count). The van der Waals surface area contributed by atoms with Crippen molar-refractivity contribution in [3.05, 3.63) is 184 Å².